The van der Waals surface area contributed by atoms with Gasteiger partial charge in [-0.05, 0) is 18.3 Å². The van der Waals surface area contributed by atoms with Gasteiger partial charge in [0.2, 0.25) is 0 Å². The molecule has 116 valence electrons. The molecule has 0 aliphatic heterocycles. The van der Waals surface area contributed by atoms with Gasteiger partial charge >= 0.3 is 0 Å². The molecule has 0 saturated carbocycles. The maximum Gasteiger partial charge on any atom is 0.276 e. The zero-order valence-electron chi connectivity index (χ0n) is 12.5. The highest BCUT2D eigenvalue weighted by atomic mass is 32.1. The third-order valence-electron chi connectivity index (χ3n) is 3.09. The Balaban J connectivity index is 2.52. The average Bonchev–Trinajstić information content (AvgIpc) is 2.90. The number of thiocarbonyl (C=S) groups is 1. The van der Waals surface area contributed by atoms with Crippen molar-refractivity contribution in [1.82, 2.24) is 14.5 Å². The van der Waals surface area contributed by atoms with Crippen LogP contribution in [-0.4, -0.2) is 38.6 Å². The Morgan fingerprint density at radius 3 is 2.68 bits per heavy atom. The summed E-state index contributed by atoms with van der Waals surface area (Å²) < 4.78 is 7.53. The zero-order chi connectivity index (χ0) is 16.3. The highest BCUT2D eigenvalue weighted by molar-refractivity contribution is 7.80. The number of hydrogen-bond donors (Lipinski definition) is 0. The Morgan fingerprint density at radius 2 is 2.14 bits per heavy atom. The van der Waals surface area contributed by atoms with Crippen LogP contribution in [0.1, 0.15) is 17.5 Å². The van der Waals surface area contributed by atoms with Gasteiger partial charge in [-0.3, -0.25) is 10.1 Å². The number of aromatic nitrogens is 2. The third-order valence-corrected chi connectivity index (χ3v) is 3.55. The van der Waals surface area contributed by atoms with Gasteiger partial charge < -0.3 is 14.2 Å². The summed E-state index contributed by atoms with van der Waals surface area (Å²) in [6.07, 6.45) is 2.61. The summed E-state index contributed by atoms with van der Waals surface area (Å²) in [6.45, 7) is 0. The van der Waals surface area contributed by atoms with E-state index in [0.717, 1.165) is 0 Å². The summed E-state index contributed by atoms with van der Waals surface area (Å²) in [7, 11) is 5.29. The van der Waals surface area contributed by atoms with Crippen molar-refractivity contribution in [2.45, 2.75) is 6.10 Å². The van der Waals surface area contributed by atoms with Crippen LogP contribution < -0.4 is 0 Å². The first kappa shape index (κ1) is 15.9. The number of aryl methyl sites for hydroxylation is 1. The number of para-hydroxylation sites is 1. The number of nitrogens with zero attached hydrogens (tertiary/aromatic N) is 4. The summed E-state index contributed by atoms with van der Waals surface area (Å²) in [5.41, 5.74) is 0.378. The molecular formula is C14H16N4O3S. The second-order valence-corrected chi connectivity index (χ2v) is 5.22. The molecule has 2 rings (SSSR count). The van der Waals surface area contributed by atoms with Gasteiger partial charge in [0.1, 0.15) is 0 Å². The van der Waals surface area contributed by atoms with E-state index in [1.165, 1.54) is 6.07 Å². The first-order valence-electron chi connectivity index (χ1n) is 6.50. The lowest BCUT2D eigenvalue weighted by molar-refractivity contribution is -0.386. The highest BCUT2D eigenvalue weighted by Gasteiger charge is 2.28. The minimum Gasteiger partial charge on any atom is -0.454 e. The summed E-state index contributed by atoms with van der Waals surface area (Å²) >= 11 is 5.18. The van der Waals surface area contributed by atoms with Crippen LogP contribution in [0.15, 0.2) is 36.7 Å². The van der Waals surface area contributed by atoms with Gasteiger partial charge in [0, 0.05) is 39.6 Å². The molecule has 0 saturated heterocycles. The number of hydrogen-bond acceptors (Lipinski definition) is 5. The van der Waals surface area contributed by atoms with Gasteiger partial charge in [-0.15, -0.1) is 0 Å². The molecule has 0 amide bonds. The van der Waals surface area contributed by atoms with Gasteiger partial charge in [0.05, 0.1) is 10.5 Å². The molecule has 0 N–H and O–H groups in total. The van der Waals surface area contributed by atoms with Gasteiger partial charge in [0.25, 0.3) is 10.9 Å². The van der Waals surface area contributed by atoms with Crippen LogP contribution in [0.25, 0.3) is 0 Å². The number of imidazole rings is 1. The Kier molecular flexibility index (Phi) is 4.71. The Morgan fingerprint density at radius 1 is 1.45 bits per heavy atom. The summed E-state index contributed by atoms with van der Waals surface area (Å²) in [5, 5.41) is 11.5. The Hall–Kier alpha value is -2.48. The van der Waals surface area contributed by atoms with Crippen molar-refractivity contribution < 1.29 is 9.66 Å². The van der Waals surface area contributed by atoms with E-state index in [-0.39, 0.29) is 10.9 Å². The van der Waals surface area contributed by atoms with E-state index >= 15 is 0 Å². The normalized spacial score (nSPS) is 11.8. The van der Waals surface area contributed by atoms with Crippen molar-refractivity contribution in [1.29, 1.82) is 0 Å². The number of rotatable bonds is 4. The first-order chi connectivity index (χ1) is 10.4. The SMILES string of the molecule is CN(C)C(=S)OC(c1ccccc1[N+](=O)[O-])c1nccn1C. The molecular weight excluding hydrogens is 304 g/mol. The lowest BCUT2D eigenvalue weighted by Crippen LogP contribution is -2.26. The quantitative estimate of drug-likeness (QED) is 0.489. The number of benzene rings is 1. The second kappa shape index (κ2) is 6.52. The predicted octanol–water partition coefficient (Wildman–Crippen LogP) is 2.28. The molecule has 2 aromatic rings. The minimum atomic E-state index is -0.753. The van der Waals surface area contributed by atoms with Gasteiger partial charge in [-0.1, -0.05) is 12.1 Å². The molecule has 1 heterocycles. The molecule has 0 aliphatic carbocycles. The second-order valence-electron chi connectivity index (χ2n) is 4.87. The predicted molar refractivity (Wildman–Crippen MR) is 85.5 cm³/mol. The fourth-order valence-corrected chi connectivity index (χ4v) is 2.06. The molecule has 0 bridgehead atoms. The van der Waals surface area contributed by atoms with Gasteiger partial charge in [0.15, 0.2) is 11.9 Å². The Labute approximate surface area is 133 Å². The van der Waals surface area contributed by atoms with E-state index in [2.05, 4.69) is 4.98 Å². The van der Waals surface area contributed by atoms with E-state index in [9.17, 15) is 10.1 Å². The molecule has 0 aliphatic rings. The van der Waals surface area contributed by atoms with Crippen LogP contribution in [0.5, 0.6) is 0 Å². The molecule has 1 aromatic carbocycles. The summed E-state index contributed by atoms with van der Waals surface area (Å²) in [5.74, 6) is 0.540. The number of ether oxygens (including phenoxy) is 1. The standard InChI is InChI=1S/C14H16N4O3S/c1-16(2)14(22)21-12(13-15-8-9-17(13)3)10-6-4-5-7-11(10)18(19)20/h4-9,12H,1-3H3. The summed E-state index contributed by atoms with van der Waals surface area (Å²) in [4.78, 5) is 16.7. The van der Waals surface area contributed by atoms with Gasteiger partial charge in [-0.2, -0.15) is 0 Å². The topological polar surface area (TPSA) is 73.4 Å². The van der Waals surface area contributed by atoms with E-state index < -0.39 is 11.0 Å². The van der Waals surface area contributed by atoms with E-state index in [4.69, 9.17) is 17.0 Å². The zero-order valence-corrected chi connectivity index (χ0v) is 13.3. The monoisotopic (exact) mass is 320 g/mol. The molecule has 1 atom stereocenters. The maximum atomic E-state index is 11.3. The molecule has 7 nitrogen and oxygen atoms in total. The molecule has 0 fully saturated rings. The van der Waals surface area contributed by atoms with Crippen LogP contribution >= 0.6 is 12.2 Å². The fraction of sp³-hybridized carbons (Fsp3) is 0.286. The first-order valence-corrected chi connectivity index (χ1v) is 6.91. The summed E-state index contributed by atoms with van der Waals surface area (Å²) in [6, 6.07) is 6.42. The maximum absolute atomic E-state index is 11.3. The van der Waals surface area contributed by atoms with Crippen molar-refractivity contribution in [2.75, 3.05) is 14.1 Å². The smallest absolute Gasteiger partial charge is 0.276 e. The van der Waals surface area contributed by atoms with Crippen LogP contribution in [0, 0.1) is 10.1 Å². The van der Waals surface area contributed by atoms with E-state index in [0.29, 0.717) is 11.4 Å². The van der Waals surface area contributed by atoms with Gasteiger partial charge in [-0.25, -0.2) is 4.98 Å². The highest BCUT2D eigenvalue weighted by Crippen LogP contribution is 2.32. The molecule has 1 aromatic heterocycles. The minimum absolute atomic E-state index is 0.0305. The van der Waals surface area contributed by atoms with Crippen LogP contribution in [-0.2, 0) is 11.8 Å². The van der Waals surface area contributed by atoms with Crippen LogP contribution in [0.4, 0.5) is 5.69 Å². The van der Waals surface area contributed by atoms with Crippen molar-refractivity contribution in [3.05, 3.63) is 58.2 Å². The fourth-order valence-electron chi connectivity index (χ4n) is 1.97. The number of nitro groups is 1. The molecule has 22 heavy (non-hydrogen) atoms. The van der Waals surface area contributed by atoms with Crippen LogP contribution in [0.3, 0.4) is 0 Å². The van der Waals surface area contributed by atoms with Crippen molar-refractivity contribution in [3.8, 4) is 0 Å². The molecule has 8 heteroatoms. The largest absolute Gasteiger partial charge is 0.454 e. The molecule has 0 spiro atoms. The number of nitro benzene ring substituents is 1. The van der Waals surface area contributed by atoms with E-state index in [1.54, 1.807) is 61.2 Å². The van der Waals surface area contributed by atoms with Crippen LogP contribution in [0.2, 0.25) is 0 Å². The lowest BCUT2D eigenvalue weighted by atomic mass is 10.1. The third kappa shape index (κ3) is 3.22. The van der Waals surface area contributed by atoms with E-state index in [1.807, 2.05) is 0 Å². The lowest BCUT2D eigenvalue weighted by Gasteiger charge is -2.22. The average molecular weight is 320 g/mol. The molecule has 1 unspecified atom stereocenters. The molecule has 0 radical (unpaired) electrons. The van der Waals surface area contributed by atoms with Crippen molar-refractivity contribution in [2.24, 2.45) is 7.05 Å². The Bertz CT molecular complexity index is 699. The van der Waals surface area contributed by atoms with Crippen molar-refractivity contribution >= 4 is 23.1 Å². The van der Waals surface area contributed by atoms with Crippen molar-refractivity contribution in [3.63, 3.8) is 0 Å².